The van der Waals surface area contributed by atoms with Gasteiger partial charge in [0.1, 0.15) is 5.69 Å². The maximum absolute atomic E-state index is 12.8. The Labute approximate surface area is 139 Å². The van der Waals surface area contributed by atoms with Gasteiger partial charge >= 0.3 is 0 Å². The fourth-order valence-corrected chi connectivity index (χ4v) is 3.01. The predicted molar refractivity (Wildman–Crippen MR) is 93.7 cm³/mol. The Bertz CT molecular complexity index is 1000. The summed E-state index contributed by atoms with van der Waals surface area (Å²) in [6, 6.07) is 16.7. The first-order chi connectivity index (χ1) is 11.6. The summed E-state index contributed by atoms with van der Waals surface area (Å²) >= 11 is 0. The van der Waals surface area contributed by atoms with Crippen LogP contribution in [0.5, 0.6) is 0 Å². The van der Waals surface area contributed by atoms with Crippen molar-refractivity contribution in [2.75, 3.05) is 19.0 Å². The zero-order valence-corrected chi connectivity index (χ0v) is 13.4. The molecule has 0 fully saturated rings. The van der Waals surface area contributed by atoms with E-state index in [9.17, 15) is 9.90 Å². The van der Waals surface area contributed by atoms with Crippen molar-refractivity contribution in [1.82, 2.24) is 4.98 Å². The third-order valence-corrected chi connectivity index (χ3v) is 4.31. The van der Waals surface area contributed by atoms with Crippen LogP contribution in [-0.4, -0.2) is 24.9 Å². The topological polar surface area (TPSA) is 56.3 Å². The Balaban J connectivity index is 1.85. The molecule has 4 nitrogen and oxygen atoms in total. The molecule has 2 aromatic carbocycles. The number of fused-ring (bicyclic) bond motifs is 2. The normalized spacial score (nSPS) is 13.5. The van der Waals surface area contributed by atoms with Gasteiger partial charge in [-0.15, -0.1) is 0 Å². The van der Waals surface area contributed by atoms with Gasteiger partial charge in [0.15, 0.2) is 0 Å². The number of pyridine rings is 1. The average Bonchev–Trinajstić information content (AvgIpc) is 2.84. The summed E-state index contributed by atoms with van der Waals surface area (Å²) in [6.45, 7) is 0. The van der Waals surface area contributed by atoms with Crippen LogP contribution in [0.25, 0.3) is 22.2 Å². The lowest BCUT2D eigenvalue weighted by molar-refractivity contribution is -0.242. The van der Waals surface area contributed by atoms with Crippen molar-refractivity contribution in [2.24, 2.45) is 0 Å². The first kappa shape index (κ1) is 14.5. The number of carbonyl (C=O) groups is 1. The number of aromatic nitrogens is 1. The van der Waals surface area contributed by atoms with Gasteiger partial charge in [0.25, 0.3) is 0 Å². The predicted octanol–water partition coefficient (Wildman–Crippen LogP) is 2.73. The molecule has 4 rings (SSSR count). The molecule has 0 saturated carbocycles. The van der Waals surface area contributed by atoms with Crippen LogP contribution >= 0.6 is 0 Å². The van der Waals surface area contributed by atoms with Crippen molar-refractivity contribution >= 4 is 33.7 Å². The Morgan fingerprint density at radius 3 is 2.42 bits per heavy atom. The number of benzene rings is 2. The fraction of sp³-hybridized carbons (Fsp3) is 0.100. The highest BCUT2D eigenvalue weighted by molar-refractivity contribution is 6.38. The zero-order valence-electron chi connectivity index (χ0n) is 13.4. The maximum Gasteiger partial charge on any atom is 0.211 e. The van der Waals surface area contributed by atoms with Crippen molar-refractivity contribution in [2.45, 2.75) is 0 Å². The van der Waals surface area contributed by atoms with Gasteiger partial charge in [-0.3, -0.25) is 4.79 Å². The Morgan fingerprint density at radius 1 is 1.00 bits per heavy atom. The second-order valence-corrected chi connectivity index (χ2v) is 6.05. The van der Waals surface area contributed by atoms with Gasteiger partial charge in [-0.2, -0.15) is 0 Å². The number of allylic oxidation sites excluding steroid dienone is 1. The van der Waals surface area contributed by atoms with Gasteiger partial charge < -0.3 is 10.0 Å². The van der Waals surface area contributed by atoms with E-state index in [2.05, 4.69) is 4.98 Å². The van der Waals surface area contributed by atoms with Crippen LogP contribution < -0.4 is 10.0 Å². The maximum atomic E-state index is 12.8. The summed E-state index contributed by atoms with van der Waals surface area (Å²) in [5.74, 6) is -0.538. The van der Waals surface area contributed by atoms with Gasteiger partial charge in [0.2, 0.25) is 5.78 Å². The van der Waals surface area contributed by atoms with Crippen molar-refractivity contribution < 1.29 is 9.90 Å². The first-order valence-corrected chi connectivity index (χ1v) is 7.70. The molecule has 4 heteroatoms. The molecule has 1 aromatic heterocycles. The van der Waals surface area contributed by atoms with Crippen molar-refractivity contribution in [1.29, 1.82) is 0 Å². The molecule has 3 aromatic rings. The number of ketones is 1. The summed E-state index contributed by atoms with van der Waals surface area (Å²) in [5, 5.41) is 13.6. The SMILES string of the molecule is CN(C)c1ccc(C2=C([O-])c3cc4ccccc4nc3C2=O)cc1. The molecule has 1 heterocycles. The average molecular weight is 315 g/mol. The standard InChI is InChI=1S/C20H16N2O2/c1-22(2)14-9-7-12(8-10-14)17-19(23)15-11-13-5-3-4-6-16(13)21-18(15)20(17)24/h3-11,23H,1-2H3/p-1. The van der Waals surface area contributed by atoms with Crippen molar-refractivity contribution in [3.8, 4) is 0 Å². The molecule has 0 unspecified atom stereocenters. The molecular formula is C20H15N2O2-. The summed E-state index contributed by atoms with van der Waals surface area (Å²) in [6.07, 6.45) is 0. The van der Waals surface area contributed by atoms with E-state index in [0.29, 0.717) is 11.1 Å². The molecule has 1 aliphatic rings. The first-order valence-electron chi connectivity index (χ1n) is 7.70. The lowest BCUT2D eigenvalue weighted by atomic mass is 10.0. The largest absolute Gasteiger partial charge is 0.871 e. The number of Topliss-reactive ketones (excluding diaryl/α,β-unsaturated/α-hetero) is 1. The highest BCUT2D eigenvalue weighted by Gasteiger charge is 2.27. The second-order valence-electron chi connectivity index (χ2n) is 6.05. The van der Waals surface area contributed by atoms with Gasteiger partial charge in [-0.25, -0.2) is 4.98 Å². The quantitative estimate of drug-likeness (QED) is 0.729. The van der Waals surface area contributed by atoms with Gasteiger partial charge in [0, 0.05) is 30.7 Å². The molecule has 118 valence electrons. The van der Waals surface area contributed by atoms with E-state index >= 15 is 0 Å². The van der Waals surface area contributed by atoms with Crippen LogP contribution in [-0.2, 0) is 0 Å². The monoisotopic (exact) mass is 315 g/mol. The number of rotatable bonds is 2. The second kappa shape index (κ2) is 5.20. The van der Waals surface area contributed by atoms with Crippen LogP contribution in [0.4, 0.5) is 5.69 Å². The molecule has 24 heavy (non-hydrogen) atoms. The number of carbonyl (C=O) groups excluding carboxylic acids is 1. The number of hydrogen-bond acceptors (Lipinski definition) is 4. The summed E-state index contributed by atoms with van der Waals surface area (Å²) in [7, 11) is 3.89. The Hall–Kier alpha value is -3.14. The van der Waals surface area contributed by atoms with Crippen molar-refractivity contribution in [3.63, 3.8) is 0 Å². The Kier molecular flexibility index (Phi) is 3.13. The fourth-order valence-electron chi connectivity index (χ4n) is 3.01. The lowest BCUT2D eigenvalue weighted by Crippen LogP contribution is -2.09. The Morgan fingerprint density at radius 2 is 1.71 bits per heavy atom. The van der Waals surface area contributed by atoms with E-state index in [1.54, 1.807) is 6.07 Å². The summed E-state index contributed by atoms with van der Waals surface area (Å²) < 4.78 is 0. The number of nitrogens with zero attached hydrogens (tertiary/aromatic N) is 2. The number of anilines is 1. The number of hydrogen-bond donors (Lipinski definition) is 0. The molecular weight excluding hydrogens is 300 g/mol. The third kappa shape index (κ3) is 2.07. The van der Waals surface area contributed by atoms with Gasteiger partial charge in [-0.05, 0) is 35.4 Å². The van der Waals surface area contributed by atoms with Crippen LogP contribution in [0.3, 0.4) is 0 Å². The van der Waals surface area contributed by atoms with Gasteiger partial charge in [-0.1, -0.05) is 36.1 Å². The third-order valence-electron chi connectivity index (χ3n) is 4.31. The molecule has 0 saturated heterocycles. The summed E-state index contributed by atoms with van der Waals surface area (Å²) in [5.41, 5.74) is 3.23. The molecule has 0 radical (unpaired) electrons. The molecule has 0 bridgehead atoms. The minimum Gasteiger partial charge on any atom is -0.871 e. The van der Waals surface area contributed by atoms with Gasteiger partial charge in [0.05, 0.1) is 5.52 Å². The number of para-hydroxylation sites is 1. The molecule has 1 aliphatic carbocycles. The summed E-state index contributed by atoms with van der Waals surface area (Å²) in [4.78, 5) is 19.1. The van der Waals surface area contributed by atoms with Crippen molar-refractivity contribution in [3.05, 3.63) is 71.4 Å². The van der Waals surface area contributed by atoms with E-state index in [1.807, 2.05) is 67.5 Å². The molecule has 0 aliphatic heterocycles. The highest BCUT2D eigenvalue weighted by Crippen LogP contribution is 2.36. The van der Waals surface area contributed by atoms with Crippen LogP contribution in [0, 0.1) is 0 Å². The van der Waals surface area contributed by atoms with Crippen LogP contribution in [0.1, 0.15) is 21.6 Å². The molecule has 0 amide bonds. The molecule has 0 spiro atoms. The van der Waals surface area contributed by atoms with E-state index in [-0.39, 0.29) is 22.8 Å². The highest BCUT2D eigenvalue weighted by atomic mass is 16.3. The van der Waals surface area contributed by atoms with E-state index < -0.39 is 0 Å². The smallest absolute Gasteiger partial charge is 0.211 e. The molecule has 0 atom stereocenters. The van der Waals surface area contributed by atoms with E-state index in [0.717, 1.165) is 16.6 Å². The van der Waals surface area contributed by atoms with E-state index in [4.69, 9.17) is 0 Å². The van der Waals surface area contributed by atoms with E-state index in [1.165, 1.54) is 0 Å². The van der Waals surface area contributed by atoms with Crippen LogP contribution in [0.2, 0.25) is 0 Å². The minimum absolute atomic E-state index is 0.207. The minimum atomic E-state index is -0.293. The van der Waals surface area contributed by atoms with Crippen LogP contribution in [0.15, 0.2) is 54.6 Å². The lowest BCUT2D eigenvalue weighted by Gasteiger charge is -2.14. The molecule has 0 N–H and O–H groups in total. The zero-order chi connectivity index (χ0) is 16.8.